The molecule has 3 nitrogen and oxygen atoms in total. The van der Waals surface area contributed by atoms with Gasteiger partial charge in [0.2, 0.25) is 0 Å². The maximum atomic E-state index is 5.35. The molecule has 5 atom stereocenters. The Hall–Kier alpha value is -1.35. The minimum atomic E-state index is 0.408. The lowest BCUT2D eigenvalue weighted by atomic mass is 9.47. The van der Waals surface area contributed by atoms with Crippen LogP contribution in [0.2, 0.25) is 0 Å². The molecular weight excluding hydrogens is 356 g/mol. The zero-order valence-electron chi connectivity index (χ0n) is 19.0. The van der Waals surface area contributed by atoms with Gasteiger partial charge in [-0.15, -0.1) is 0 Å². The van der Waals surface area contributed by atoms with Crippen LogP contribution in [0.25, 0.3) is 0 Å². The van der Waals surface area contributed by atoms with Crippen LogP contribution in [0.5, 0.6) is 0 Å². The number of fused-ring (bicyclic) bond motifs is 5. The van der Waals surface area contributed by atoms with Gasteiger partial charge in [0.15, 0.2) is 0 Å². The highest BCUT2D eigenvalue weighted by Gasteiger charge is 2.56. The molecule has 3 saturated carbocycles. The van der Waals surface area contributed by atoms with E-state index in [0.717, 1.165) is 24.3 Å². The van der Waals surface area contributed by atoms with Gasteiger partial charge in [-0.25, -0.2) is 0 Å². The van der Waals surface area contributed by atoms with Gasteiger partial charge in [-0.1, -0.05) is 42.8 Å². The Morgan fingerprint density at radius 3 is 2.69 bits per heavy atom. The van der Waals surface area contributed by atoms with E-state index >= 15 is 0 Å². The highest BCUT2D eigenvalue weighted by atomic mass is 16.6. The van der Waals surface area contributed by atoms with Crippen LogP contribution in [0.15, 0.2) is 40.6 Å². The van der Waals surface area contributed by atoms with Gasteiger partial charge in [-0.2, -0.15) is 0 Å². The monoisotopic (exact) mass is 396 g/mol. The molecular formula is C26H40N2O. The molecule has 0 bridgehead atoms. The molecule has 0 aromatic carbocycles. The molecule has 0 heterocycles. The molecule has 0 aromatic heterocycles. The van der Waals surface area contributed by atoms with E-state index in [1.54, 1.807) is 11.1 Å². The molecule has 3 heteroatoms. The van der Waals surface area contributed by atoms with Gasteiger partial charge in [-0.3, -0.25) is 0 Å². The topological polar surface area (TPSA) is 24.8 Å². The summed E-state index contributed by atoms with van der Waals surface area (Å²) in [5, 5.41) is 4.11. The normalized spacial score (nSPS) is 40.7. The van der Waals surface area contributed by atoms with Crippen LogP contribution in [0.4, 0.5) is 0 Å². The minimum absolute atomic E-state index is 0.408. The largest absolute Gasteiger partial charge is 0.394 e. The molecule has 0 aliphatic heterocycles. The van der Waals surface area contributed by atoms with Crippen molar-refractivity contribution < 1.29 is 4.84 Å². The summed E-state index contributed by atoms with van der Waals surface area (Å²) in [7, 11) is 4.09. The van der Waals surface area contributed by atoms with Gasteiger partial charge in [0.1, 0.15) is 6.61 Å². The molecule has 3 unspecified atom stereocenters. The second-order valence-corrected chi connectivity index (χ2v) is 10.7. The quantitative estimate of drug-likeness (QED) is 0.246. The van der Waals surface area contributed by atoms with Crippen molar-refractivity contribution in [3.8, 4) is 0 Å². The molecule has 0 spiro atoms. The van der Waals surface area contributed by atoms with Crippen LogP contribution >= 0.6 is 0 Å². The second kappa shape index (κ2) is 8.06. The van der Waals surface area contributed by atoms with E-state index in [-0.39, 0.29) is 0 Å². The van der Waals surface area contributed by atoms with Gasteiger partial charge in [0.25, 0.3) is 0 Å². The average Bonchev–Trinajstić information content (AvgIpc) is 2.99. The Kier molecular flexibility index (Phi) is 5.81. The molecule has 4 aliphatic rings. The number of rotatable bonds is 5. The Morgan fingerprint density at radius 2 is 1.90 bits per heavy atom. The molecule has 160 valence electrons. The first-order valence-electron chi connectivity index (χ1n) is 11.7. The van der Waals surface area contributed by atoms with Gasteiger partial charge >= 0.3 is 0 Å². The number of hydrogen-bond acceptors (Lipinski definition) is 3. The lowest BCUT2D eigenvalue weighted by Gasteiger charge is -2.57. The predicted octanol–water partition coefficient (Wildman–Crippen LogP) is 6.00. The van der Waals surface area contributed by atoms with Crippen LogP contribution in [-0.2, 0) is 4.84 Å². The van der Waals surface area contributed by atoms with E-state index in [0.29, 0.717) is 17.4 Å². The van der Waals surface area contributed by atoms with E-state index in [9.17, 15) is 0 Å². The Balaban J connectivity index is 1.44. The molecule has 4 rings (SSSR count). The van der Waals surface area contributed by atoms with Crippen LogP contribution in [-0.4, -0.2) is 38.4 Å². The zero-order valence-corrected chi connectivity index (χ0v) is 19.0. The lowest BCUT2D eigenvalue weighted by molar-refractivity contribution is -0.0237. The number of likely N-dealkylation sites (N-methyl/N-ethyl adjacent to an activating group) is 1. The average molecular weight is 397 g/mol. The van der Waals surface area contributed by atoms with Crippen LogP contribution < -0.4 is 0 Å². The summed E-state index contributed by atoms with van der Waals surface area (Å²) < 4.78 is 0. The van der Waals surface area contributed by atoms with Crippen LogP contribution in [0.1, 0.15) is 65.2 Å². The summed E-state index contributed by atoms with van der Waals surface area (Å²) in [5.41, 5.74) is 5.52. The third kappa shape index (κ3) is 3.76. The molecule has 0 amide bonds. The maximum absolute atomic E-state index is 5.35. The fraction of sp³-hybridized carbons (Fsp3) is 0.731. The van der Waals surface area contributed by atoms with Crippen molar-refractivity contribution in [2.75, 3.05) is 27.2 Å². The Bertz CT molecular complexity index is 733. The van der Waals surface area contributed by atoms with Gasteiger partial charge in [0, 0.05) is 6.54 Å². The van der Waals surface area contributed by atoms with E-state index in [4.69, 9.17) is 4.84 Å². The summed E-state index contributed by atoms with van der Waals surface area (Å²) in [4.78, 5) is 7.45. The summed E-state index contributed by atoms with van der Waals surface area (Å²) in [6, 6.07) is 0. The third-order valence-corrected chi connectivity index (χ3v) is 9.04. The van der Waals surface area contributed by atoms with Crippen molar-refractivity contribution in [3.05, 3.63) is 35.5 Å². The van der Waals surface area contributed by atoms with Crippen LogP contribution in [0, 0.1) is 28.6 Å². The molecule has 0 aromatic rings. The maximum Gasteiger partial charge on any atom is 0.129 e. The zero-order chi connectivity index (χ0) is 20.6. The number of oxime groups is 1. The van der Waals surface area contributed by atoms with E-state index in [1.165, 1.54) is 56.9 Å². The van der Waals surface area contributed by atoms with Gasteiger partial charge < -0.3 is 9.74 Å². The Labute approximate surface area is 177 Å². The van der Waals surface area contributed by atoms with E-state index < -0.39 is 0 Å². The summed E-state index contributed by atoms with van der Waals surface area (Å²) in [6.07, 6.45) is 17.1. The van der Waals surface area contributed by atoms with Gasteiger partial charge in [-0.05, 0) is 106 Å². The number of hydrogen-bond donors (Lipinski definition) is 0. The lowest BCUT2D eigenvalue weighted by Crippen LogP contribution is -2.49. The van der Waals surface area contributed by atoms with Crippen molar-refractivity contribution in [1.82, 2.24) is 4.90 Å². The van der Waals surface area contributed by atoms with Crippen molar-refractivity contribution in [3.63, 3.8) is 0 Å². The smallest absolute Gasteiger partial charge is 0.129 e. The molecule has 3 fully saturated rings. The minimum Gasteiger partial charge on any atom is -0.394 e. The molecule has 4 aliphatic carbocycles. The Morgan fingerprint density at radius 1 is 1.10 bits per heavy atom. The molecule has 29 heavy (non-hydrogen) atoms. The third-order valence-electron chi connectivity index (χ3n) is 9.04. The van der Waals surface area contributed by atoms with E-state index in [2.05, 4.69) is 42.6 Å². The summed E-state index contributed by atoms with van der Waals surface area (Å²) in [6.45, 7) is 11.1. The van der Waals surface area contributed by atoms with Crippen molar-refractivity contribution in [1.29, 1.82) is 0 Å². The van der Waals surface area contributed by atoms with Crippen molar-refractivity contribution >= 4 is 6.21 Å². The highest BCUT2D eigenvalue weighted by Crippen LogP contribution is 2.66. The molecule has 0 N–H and O–H groups in total. The first-order valence-corrected chi connectivity index (χ1v) is 11.7. The number of allylic oxidation sites excluding steroid dienone is 5. The summed E-state index contributed by atoms with van der Waals surface area (Å²) in [5.74, 6) is 2.67. The first kappa shape index (κ1) is 20.9. The van der Waals surface area contributed by atoms with Gasteiger partial charge in [0.05, 0.1) is 6.21 Å². The molecule has 0 radical (unpaired) electrons. The second-order valence-electron chi connectivity index (χ2n) is 10.7. The van der Waals surface area contributed by atoms with E-state index in [1.807, 2.05) is 20.3 Å². The van der Waals surface area contributed by atoms with Crippen LogP contribution in [0.3, 0.4) is 0 Å². The van der Waals surface area contributed by atoms with Crippen molar-refractivity contribution in [2.24, 2.45) is 33.7 Å². The molecule has 0 saturated heterocycles. The highest BCUT2D eigenvalue weighted by molar-refractivity contribution is 5.72. The first-order chi connectivity index (χ1) is 13.8. The standard InChI is InChI=1S/C26H40N2O/c1-19-6-9-23-22-8-7-21-18-20(12-15-27-29-17-16-28(4)5)10-13-26(21,3)24(22)11-14-25(19,23)2/h12,15,18,22-24H,1,6-11,13-14,16-17H2,2-5H3/b20-12+,27-15?/t22?,23?,24?,25-,26+/m1/s1. The fourth-order valence-electron chi connectivity index (χ4n) is 7.09. The SMILES string of the molecule is C=C1CCC2C3CCC4=C/C(=C/C=NOCCN(C)C)CC[C@]4(C)C3CC[C@]12C. The summed E-state index contributed by atoms with van der Waals surface area (Å²) >= 11 is 0. The fourth-order valence-corrected chi connectivity index (χ4v) is 7.09. The predicted molar refractivity (Wildman–Crippen MR) is 122 cm³/mol. The van der Waals surface area contributed by atoms with Crippen molar-refractivity contribution in [2.45, 2.75) is 65.2 Å². The number of nitrogens with zero attached hydrogens (tertiary/aromatic N) is 2.